The first kappa shape index (κ1) is 16.0. The van der Waals surface area contributed by atoms with Gasteiger partial charge in [-0.3, -0.25) is 4.79 Å². The largest absolute Gasteiger partial charge is 0.505 e. The van der Waals surface area contributed by atoms with Crippen LogP contribution in [0.15, 0.2) is 24.4 Å². The maximum absolute atomic E-state index is 12.3. The van der Waals surface area contributed by atoms with E-state index in [1.807, 2.05) is 6.92 Å². The van der Waals surface area contributed by atoms with Crippen LogP contribution in [0.5, 0.6) is 5.75 Å². The average molecular weight is 348 g/mol. The van der Waals surface area contributed by atoms with E-state index in [0.29, 0.717) is 22.9 Å². The van der Waals surface area contributed by atoms with Gasteiger partial charge in [0, 0.05) is 18.4 Å². The predicted molar refractivity (Wildman–Crippen MR) is 85.8 cm³/mol. The summed E-state index contributed by atoms with van der Waals surface area (Å²) in [5.41, 5.74) is 0.843. The third-order valence-electron chi connectivity index (χ3n) is 2.84. The maximum atomic E-state index is 12.3. The maximum Gasteiger partial charge on any atom is 0.272 e. The molecule has 2 aromatic rings. The molecule has 1 aromatic carbocycles. The number of amides is 1. The number of nitrogens with one attached hydrogen (secondary N) is 1. The van der Waals surface area contributed by atoms with Crippen LogP contribution in [0.2, 0.25) is 15.1 Å². The molecule has 0 saturated carbocycles. The molecule has 4 nitrogen and oxygen atoms in total. The fourth-order valence-corrected chi connectivity index (χ4v) is 2.63. The van der Waals surface area contributed by atoms with Crippen molar-refractivity contribution in [3.05, 3.63) is 45.2 Å². The van der Waals surface area contributed by atoms with Crippen molar-refractivity contribution in [2.24, 2.45) is 0 Å². The zero-order chi connectivity index (χ0) is 15.6. The number of halogens is 3. The number of benzene rings is 1. The Balaban J connectivity index is 2.26. The van der Waals surface area contributed by atoms with Crippen LogP contribution in [0.1, 0.15) is 23.8 Å². The first-order valence-electron chi connectivity index (χ1n) is 6.27. The van der Waals surface area contributed by atoms with E-state index in [1.165, 1.54) is 12.1 Å². The number of hydrogen-bond acceptors (Lipinski definition) is 2. The van der Waals surface area contributed by atoms with Crippen LogP contribution in [-0.2, 0) is 6.54 Å². The molecule has 1 aromatic heterocycles. The molecule has 0 spiro atoms. The topological polar surface area (TPSA) is 54.3 Å². The number of phenols is 1. The normalized spacial score (nSPS) is 10.7. The highest BCUT2D eigenvalue weighted by Gasteiger charge is 2.15. The van der Waals surface area contributed by atoms with Gasteiger partial charge in [-0.15, -0.1) is 0 Å². The second-order valence-corrected chi connectivity index (χ2v) is 5.73. The Morgan fingerprint density at radius 3 is 2.43 bits per heavy atom. The van der Waals surface area contributed by atoms with Crippen LogP contribution in [0.3, 0.4) is 0 Å². The van der Waals surface area contributed by atoms with Crippen LogP contribution in [0, 0.1) is 0 Å². The first-order valence-corrected chi connectivity index (χ1v) is 7.40. The van der Waals surface area contributed by atoms with Crippen molar-refractivity contribution in [2.75, 3.05) is 5.32 Å². The molecule has 0 aliphatic carbocycles. The molecular formula is C14H13Cl3N2O2. The Kier molecular flexibility index (Phi) is 5.04. The molecule has 1 amide bonds. The van der Waals surface area contributed by atoms with E-state index in [0.717, 1.165) is 6.42 Å². The van der Waals surface area contributed by atoms with E-state index in [9.17, 15) is 9.90 Å². The molecule has 0 fully saturated rings. The van der Waals surface area contributed by atoms with Gasteiger partial charge in [-0.05, 0) is 24.6 Å². The molecule has 0 atom stereocenters. The number of rotatable bonds is 4. The third kappa shape index (κ3) is 3.64. The summed E-state index contributed by atoms with van der Waals surface area (Å²) in [7, 11) is 0. The molecule has 0 aliphatic rings. The van der Waals surface area contributed by atoms with Crippen LogP contribution < -0.4 is 5.32 Å². The second-order valence-electron chi connectivity index (χ2n) is 4.48. The summed E-state index contributed by atoms with van der Waals surface area (Å²) in [5.74, 6) is -0.540. The van der Waals surface area contributed by atoms with E-state index in [2.05, 4.69) is 5.32 Å². The van der Waals surface area contributed by atoms with E-state index in [1.54, 1.807) is 16.8 Å². The summed E-state index contributed by atoms with van der Waals surface area (Å²) in [4.78, 5) is 12.3. The zero-order valence-electron chi connectivity index (χ0n) is 11.2. The molecule has 0 aliphatic heterocycles. The van der Waals surface area contributed by atoms with Gasteiger partial charge in [-0.25, -0.2) is 0 Å². The third-order valence-corrected chi connectivity index (χ3v) is 3.62. The molecule has 2 N–H and O–H groups in total. The van der Waals surface area contributed by atoms with Gasteiger partial charge in [0.05, 0.1) is 15.1 Å². The van der Waals surface area contributed by atoms with Crippen LogP contribution in [0.4, 0.5) is 5.69 Å². The fourth-order valence-electron chi connectivity index (χ4n) is 1.92. The van der Waals surface area contributed by atoms with Gasteiger partial charge in [0.25, 0.3) is 5.91 Å². The average Bonchev–Trinajstić information content (AvgIpc) is 2.77. The minimum absolute atomic E-state index is 0.0692. The number of anilines is 1. The van der Waals surface area contributed by atoms with Gasteiger partial charge in [0.15, 0.2) is 5.75 Å². The number of nitrogens with zero attached hydrogens (tertiary/aromatic N) is 1. The van der Waals surface area contributed by atoms with Crippen molar-refractivity contribution >= 4 is 46.4 Å². The monoisotopic (exact) mass is 346 g/mol. The summed E-state index contributed by atoms with van der Waals surface area (Å²) in [6, 6.07) is 4.45. The van der Waals surface area contributed by atoms with Gasteiger partial charge >= 0.3 is 0 Å². The van der Waals surface area contributed by atoms with Crippen molar-refractivity contribution in [1.29, 1.82) is 0 Å². The predicted octanol–water partition coefficient (Wildman–Crippen LogP) is 4.82. The zero-order valence-corrected chi connectivity index (χ0v) is 13.4. The Labute approximate surface area is 137 Å². The summed E-state index contributed by atoms with van der Waals surface area (Å²) in [6.45, 7) is 2.70. The summed E-state index contributed by atoms with van der Waals surface area (Å²) < 4.78 is 1.78. The summed E-state index contributed by atoms with van der Waals surface area (Å²) in [6.07, 6.45) is 2.58. The Morgan fingerprint density at radius 2 is 1.86 bits per heavy atom. The number of carbonyl (C=O) groups excluding carboxylic acids is 1. The Bertz CT molecular complexity index is 660. The smallest absolute Gasteiger partial charge is 0.272 e. The number of aryl methyl sites for hydroxylation is 1. The Morgan fingerprint density at radius 1 is 1.24 bits per heavy atom. The van der Waals surface area contributed by atoms with Crippen LogP contribution in [0.25, 0.3) is 0 Å². The molecule has 0 radical (unpaired) electrons. The van der Waals surface area contributed by atoms with E-state index in [4.69, 9.17) is 34.8 Å². The quantitative estimate of drug-likeness (QED) is 0.779. The molecular weight excluding hydrogens is 335 g/mol. The van der Waals surface area contributed by atoms with Crippen LogP contribution >= 0.6 is 34.8 Å². The molecule has 112 valence electrons. The second kappa shape index (κ2) is 6.60. The molecule has 21 heavy (non-hydrogen) atoms. The molecule has 7 heteroatoms. The van der Waals surface area contributed by atoms with Gasteiger partial charge in [-0.2, -0.15) is 0 Å². The molecule has 1 heterocycles. The van der Waals surface area contributed by atoms with Crippen molar-refractivity contribution in [1.82, 2.24) is 4.57 Å². The van der Waals surface area contributed by atoms with Gasteiger partial charge in [0.2, 0.25) is 0 Å². The molecule has 0 saturated heterocycles. The van der Waals surface area contributed by atoms with Crippen LogP contribution in [-0.4, -0.2) is 15.6 Å². The lowest BCUT2D eigenvalue weighted by atomic mass is 10.3. The number of hydrogen-bond donors (Lipinski definition) is 2. The van der Waals surface area contributed by atoms with E-state index < -0.39 is 0 Å². The first-order chi connectivity index (χ1) is 9.92. The number of aromatic nitrogens is 1. The lowest BCUT2D eigenvalue weighted by Gasteiger charge is -2.10. The standard InChI is InChI=1S/C14H13Cl3N2O2/c1-2-3-19-7-8(15)4-12(19)14(21)18-9-5-10(16)13(20)11(17)6-9/h4-7,20H,2-3H2,1H3,(H,18,21). The van der Waals surface area contributed by atoms with Crippen molar-refractivity contribution < 1.29 is 9.90 Å². The highest BCUT2D eigenvalue weighted by molar-refractivity contribution is 6.37. The lowest BCUT2D eigenvalue weighted by Crippen LogP contribution is -2.16. The van der Waals surface area contributed by atoms with Crippen molar-refractivity contribution in [2.45, 2.75) is 19.9 Å². The number of aromatic hydroxyl groups is 1. The minimum Gasteiger partial charge on any atom is -0.505 e. The summed E-state index contributed by atoms with van der Waals surface area (Å²) >= 11 is 17.6. The molecule has 2 rings (SSSR count). The molecule has 0 unspecified atom stereocenters. The summed E-state index contributed by atoms with van der Waals surface area (Å²) in [5, 5.41) is 12.8. The van der Waals surface area contributed by atoms with E-state index >= 15 is 0 Å². The number of carbonyl (C=O) groups is 1. The van der Waals surface area contributed by atoms with Crippen molar-refractivity contribution in [3.8, 4) is 5.75 Å². The number of phenolic OH excluding ortho intramolecular Hbond substituents is 1. The van der Waals surface area contributed by atoms with Gasteiger partial charge < -0.3 is 15.0 Å². The highest BCUT2D eigenvalue weighted by Crippen LogP contribution is 2.34. The molecule has 0 bridgehead atoms. The highest BCUT2D eigenvalue weighted by atomic mass is 35.5. The minimum atomic E-state index is -0.326. The Hall–Kier alpha value is -1.36. The van der Waals surface area contributed by atoms with E-state index in [-0.39, 0.29) is 21.7 Å². The van der Waals surface area contributed by atoms with Gasteiger partial charge in [0.1, 0.15) is 5.69 Å². The fraction of sp³-hybridized carbons (Fsp3) is 0.214. The SMILES string of the molecule is CCCn1cc(Cl)cc1C(=O)Nc1cc(Cl)c(O)c(Cl)c1. The van der Waals surface area contributed by atoms with Gasteiger partial charge in [-0.1, -0.05) is 41.7 Å². The van der Waals surface area contributed by atoms with Crippen molar-refractivity contribution in [3.63, 3.8) is 0 Å². The lowest BCUT2D eigenvalue weighted by molar-refractivity contribution is 0.101.